The van der Waals surface area contributed by atoms with Crippen LogP contribution in [0.25, 0.3) is 0 Å². The van der Waals surface area contributed by atoms with E-state index in [4.69, 9.17) is 18.9 Å². The quantitative estimate of drug-likeness (QED) is 0.0204. The Bertz CT molecular complexity index is 2280. The lowest BCUT2D eigenvalue weighted by molar-refractivity contribution is -0.359. The Hall–Kier alpha value is -4.13. The first-order valence-corrected chi connectivity index (χ1v) is 41.1. The molecule has 0 aliphatic carbocycles. The molecule has 1 amide bonds. The van der Waals surface area contributed by atoms with E-state index in [1.54, 1.807) is 6.08 Å². The van der Waals surface area contributed by atoms with Gasteiger partial charge in [0, 0.05) is 6.42 Å². The topological polar surface area (TPSA) is 228 Å². The molecule has 2 aliphatic rings. The third-order valence-corrected chi connectivity index (χ3v) is 19.0. The molecule has 2 heterocycles. The molecule has 0 spiro atoms. The number of amides is 1. The summed E-state index contributed by atoms with van der Waals surface area (Å²) in [5.41, 5.74) is 0. The average molecular weight is 1430 g/mol. The van der Waals surface area contributed by atoms with Gasteiger partial charge in [-0.05, 0) is 109 Å². The van der Waals surface area contributed by atoms with Crippen molar-refractivity contribution in [2.24, 2.45) is 0 Å². The molecular formula is C88H149NO13. The third kappa shape index (κ3) is 52.0. The number of unbranched alkanes of at least 4 members (excludes halogenated alkanes) is 32. The highest BCUT2D eigenvalue weighted by Crippen LogP contribution is 2.30. The maximum atomic E-state index is 13.4. The van der Waals surface area contributed by atoms with Crippen LogP contribution in [0, 0.1) is 0 Å². The van der Waals surface area contributed by atoms with E-state index in [1.807, 2.05) is 6.08 Å². The van der Waals surface area contributed by atoms with Crippen molar-refractivity contribution in [3.8, 4) is 0 Å². The van der Waals surface area contributed by atoms with Gasteiger partial charge in [0.15, 0.2) is 12.6 Å². The van der Waals surface area contributed by atoms with E-state index in [0.717, 1.165) is 103 Å². The predicted molar refractivity (Wildman–Crippen MR) is 424 cm³/mol. The molecule has 9 N–H and O–H groups in total. The Morgan fingerprint density at radius 2 is 0.686 bits per heavy atom. The van der Waals surface area contributed by atoms with Crippen LogP contribution in [-0.2, 0) is 23.7 Å². The van der Waals surface area contributed by atoms with Crippen LogP contribution in [0.3, 0.4) is 0 Å². The van der Waals surface area contributed by atoms with Crippen molar-refractivity contribution in [3.63, 3.8) is 0 Å². The molecule has 102 heavy (non-hydrogen) atoms. The van der Waals surface area contributed by atoms with E-state index in [1.165, 1.54) is 173 Å². The number of hydrogen-bond acceptors (Lipinski definition) is 13. The van der Waals surface area contributed by atoms with Crippen molar-refractivity contribution in [2.75, 3.05) is 19.8 Å². The first kappa shape index (κ1) is 94.0. The van der Waals surface area contributed by atoms with Gasteiger partial charge in [-0.3, -0.25) is 4.79 Å². The number of carbonyl (C=O) groups is 1. The number of rotatable bonds is 67. The van der Waals surface area contributed by atoms with Crippen LogP contribution in [0.5, 0.6) is 0 Å². The highest BCUT2D eigenvalue weighted by molar-refractivity contribution is 5.76. The minimum Gasteiger partial charge on any atom is -0.394 e. The van der Waals surface area contributed by atoms with E-state index < -0.39 is 86.8 Å². The van der Waals surface area contributed by atoms with Gasteiger partial charge in [-0.1, -0.05) is 339 Å². The monoisotopic (exact) mass is 1430 g/mol. The zero-order valence-corrected chi connectivity index (χ0v) is 64.1. The van der Waals surface area contributed by atoms with Crippen LogP contribution in [0.2, 0.25) is 0 Å². The van der Waals surface area contributed by atoms with E-state index in [-0.39, 0.29) is 18.9 Å². The molecule has 0 radical (unpaired) electrons. The van der Waals surface area contributed by atoms with Gasteiger partial charge in [0.1, 0.15) is 48.8 Å². The summed E-state index contributed by atoms with van der Waals surface area (Å²) in [7, 11) is 0. The molecule has 14 nitrogen and oxygen atoms in total. The summed E-state index contributed by atoms with van der Waals surface area (Å²) in [6.45, 7) is 2.67. The van der Waals surface area contributed by atoms with Gasteiger partial charge < -0.3 is 65.1 Å². The lowest BCUT2D eigenvalue weighted by Crippen LogP contribution is -2.65. The van der Waals surface area contributed by atoms with E-state index in [2.05, 4.69) is 153 Å². The molecule has 0 bridgehead atoms. The Balaban J connectivity index is 1.66. The highest BCUT2D eigenvalue weighted by Gasteiger charge is 2.51. The van der Waals surface area contributed by atoms with Crippen LogP contribution in [0.1, 0.15) is 309 Å². The summed E-state index contributed by atoms with van der Waals surface area (Å²) in [5.74, 6) is -0.277. The zero-order chi connectivity index (χ0) is 73.7. The van der Waals surface area contributed by atoms with Crippen LogP contribution < -0.4 is 5.32 Å². The van der Waals surface area contributed by atoms with Crippen molar-refractivity contribution in [1.29, 1.82) is 0 Å². The predicted octanol–water partition coefficient (Wildman–Crippen LogP) is 19.1. The van der Waals surface area contributed by atoms with Gasteiger partial charge in [0.05, 0.1) is 32.0 Å². The molecule has 2 fully saturated rings. The molecule has 0 aromatic heterocycles. The van der Waals surface area contributed by atoms with Gasteiger partial charge in [-0.2, -0.15) is 0 Å². The van der Waals surface area contributed by atoms with E-state index in [0.29, 0.717) is 12.8 Å². The lowest BCUT2D eigenvalue weighted by atomic mass is 9.97. The number of hydrogen-bond donors (Lipinski definition) is 9. The lowest BCUT2D eigenvalue weighted by Gasteiger charge is -2.46. The summed E-state index contributed by atoms with van der Waals surface area (Å²) >= 11 is 0. The fraction of sp³-hybridized carbons (Fsp3) is 0.716. The summed E-state index contributed by atoms with van der Waals surface area (Å²) in [4.78, 5) is 13.4. The second kappa shape index (κ2) is 69.9. The van der Waals surface area contributed by atoms with Gasteiger partial charge in [0.2, 0.25) is 5.91 Å². The maximum Gasteiger partial charge on any atom is 0.220 e. The van der Waals surface area contributed by atoms with Gasteiger partial charge in [-0.15, -0.1) is 0 Å². The molecule has 2 rings (SSSR count). The number of aliphatic hydroxyl groups excluding tert-OH is 8. The number of carbonyl (C=O) groups excluding carboxylic acids is 1. The normalized spacial score (nSPS) is 22.5. The second-order valence-electron chi connectivity index (χ2n) is 28.2. The number of nitrogens with one attached hydrogen (secondary N) is 1. The summed E-state index contributed by atoms with van der Waals surface area (Å²) in [6.07, 6.45) is 89.3. The number of ether oxygens (including phenoxy) is 4. The molecular weight excluding hydrogens is 1280 g/mol. The van der Waals surface area contributed by atoms with Crippen molar-refractivity contribution < 1.29 is 64.6 Å². The molecule has 2 saturated heterocycles. The van der Waals surface area contributed by atoms with Crippen LogP contribution >= 0.6 is 0 Å². The molecule has 0 aromatic carbocycles. The summed E-state index contributed by atoms with van der Waals surface area (Å²) in [6, 6.07) is -0.960. The van der Waals surface area contributed by atoms with Crippen molar-refractivity contribution in [3.05, 3.63) is 146 Å². The number of allylic oxidation sites excluding steroid dienone is 23. The van der Waals surface area contributed by atoms with Crippen molar-refractivity contribution >= 4 is 5.91 Å². The van der Waals surface area contributed by atoms with Crippen LogP contribution in [0.15, 0.2) is 146 Å². The number of aliphatic hydroxyl groups is 8. The minimum absolute atomic E-state index is 0.234. The van der Waals surface area contributed by atoms with Gasteiger partial charge >= 0.3 is 0 Å². The van der Waals surface area contributed by atoms with Gasteiger partial charge in [-0.25, -0.2) is 0 Å². The molecule has 14 heteroatoms. The Labute approximate surface area is 621 Å². The molecule has 0 aromatic rings. The first-order valence-electron chi connectivity index (χ1n) is 41.1. The summed E-state index contributed by atoms with van der Waals surface area (Å²) < 4.78 is 22.9. The maximum absolute atomic E-state index is 13.4. The van der Waals surface area contributed by atoms with Crippen molar-refractivity contribution in [1.82, 2.24) is 5.32 Å². The Morgan fingerprint density at radius 1 is 0.363 bits per heavy atom. The highest BCUT2D eigenvalue weighted by atomic mass is 16.7. The Kier molecular flexibility index (Phi) is 64.4. The first-order chi connectivity index (χ1) is 50.1. The van der Waals surface area contributed by atoms with Crippen molar-refractivity contribution in [2.45, 2.75) is 383 Å². The molecule has 12 unspecified atom stereocenters. The zero-order valence-electron chi connectivity index (χ0n) is 64.1. The van der Waals surface area contributed by atoms with E-state index in [9.17, 15) is 45.6 Å². The average Bonchev–Trinajstić information content (AvgIpc) is 0.790. The second-order valence-corrected chi connectivity index (χ2v) is 28.2. The Morgan fingerprint density at radius 3 is 1.08 bits per heavy atom. The van der Waals surface area contributed by atoms with Crippen LogP contribution in [-0.4, -0.2) is 140 Å². The third-order valence-electron chi connectivity index (χ3n) is 19.0. The van der Waals surface area contributed by atoms with E-state index >= 15 is 0 Å². The molecule has 584 valence electrons. The van der Waals surface area contributed by atoms with Crippen LogP contribution in [0.4, 0.5) is 0 Å². The standard InChI is InChI=1S/C88H149NO13/c1-3-5-7-9-11-13-15-17-19-21-23-25-27-29-31-33-35-37-38-40-42-44-46-48-50-52-54-56-58-60-62-64-66-68-70-72-80(93)89-76(75-99-87-85(98)83(96)86(79(74-91)101-87)102-88-84(97)82(95)81(94)78(73-90)100-88)77(92)71-69-67-65-63-61-59-57-55-53-51-49-47-45-43-41-39-36-34-32-30-28-26-24-22-20-18-16-14-12-10-8-6-4-2/h5,7,11,13,17,19,23,25,29,31,35,37,40,42,46,48,52,54,58,60-61,63,69,71,76-79,81-88,90-92,94-98H,3-4,6,8-10,12,14-16,18,20-22,24,26-28,30,32-34,36,38-39,41,43-45,47,49-51,53,55-57,59,62,64-68,70,72-75H2,1-2H3,(H,89,93)/b7-5-,13-11-,19-17-,25-23-,31-29-,37-35-,42-40-,48-46-,54-52-,60-58-,63-61+,71-69+. The smallest absolute Gasteiger partial charge is 0.220 e. The van der Waals surface area contributed by atoms with Gasteiger partial charge in [0.25, 0.3) is 0 Å². The largest absolute Gasteiger partial charge is 0.394 e. The summed E-state index contributed by atoms with van der Waals surface area (Å²) in [5, 5.41) is 87.7. The minimum atomic E-state index is -1.80. The molecule has 12 atom stereocenters. The molecule has 2 aliphatic heterocycles. The SMILES string of the molecule is CC/C=C\C/C=C\C/C=C\C/C=C\C/C=C\C/C=C\C/C=C\C/C=C\C/C=C\C/C=C\CCCCCCC(=O)NC(COC1OC(CO)C(OC2OC(CO)C(O)C(O)C2O)C(O)C1O)C(O)/C=C/CC/C=C/CCCCCCCCCCCCCCCCCCCCCCCCCCCCC. The molecule has 0 saturated carbocycles. The fourth-order valence-electron chi connectivity index (χ4n) is 12.6. The fourth-order valence-corrected chi connectivity index (χ4v) is 12.6.